The minimum absolute atomic E-state index is 0.585. The minimum Gasteiger partial charge on any atom is -0.388 e. The van der Waals surface area contributed by atoms with Crippen LogP contribution >= 0.6 is 0 Å². The molecule has 1 saturated heterocycles. The summed E-state index contributed by atoms with van der Waals surface area (Å²) in [5.74, 6) is 0.675. The standard InChI is InChI=1S/C16H21N3O/c20-16(5-8-17-9-6-16)11-19-14(12-3-4-12)10-13-2-1-7-18-15(13)19/h1-2,7,10,12,17,20H,3-6,8-9,11H2. The molecule has 4 heteroatoms. The zero-order valence-corrected chi connectivity index (χ0v) is 11.7. The van der Waals surface area contributed by atoms with Gasteiger partial charge in [-0.3, -0.25) is 0 Å². The largest absolute Gasteiger partial charge is 0.388 e. The van der Waals surface area contributed by atoms with Crippen LogP contribution in [0.5, 0.6) is 0 Å². The van der Waals surface area contributed by atoms with Gasteiger partial charge in [0, 0.05) is 17.3 Å². The number of fused-ring (bicyclic) bond motifs is 1. The van der Waals surface area contributed by atoms with Crippen LogP contribution in [0, 0.1) is 0 Å². The number of nitrogens with one attached hydrogen (secondary N) is 1. The fourth-order valence-corrected chi connectivity index (χ4v) is 3.34. The quantitative estimate of drug-likeness (QED) is 0.898. The molecule has 2 aromatic heterocycles. The maximum Gasteiger partial charge on any atom is 0.140 e. The Morgan fingerprint density at radius 1 is 1.35 bits per heavy atom. The molecule has 2 fully saturated rings. The number of nitrogens with zero attached hydrogens (tertiary/aromatic N) is 2. The molecule has 2 N–H and O–H groups in total. The number of aliphatic hydroxyl groups is 1. The lowest BCUT2D eigenvalue weighted by atomic mass is 9.92. The summed E-state index contributed by atoms with van der Waals surface area (Å²) in [5.41, 5.74) is 1.81. The second-order valence-electron chi connectivity index (χ2n) is 6.32. The molecule has 0 atom stereocenters. The fraction of sp³-hybridized carbons (Fsp3) is 0.562. The first-order chi connectivity index (χ1) is 9.75. The molecule has 20 heavy (non-hydrogen) atoms. The highest BCUT2D eigenvalue weighted by Crippen LogP contribution is 2.42. The summed E-state index contributed by atoms with van der Waals surface area (Å²) in [6, 6.07) is 6.38. The highest BCUT2D eigenvalue weighted by atomic mass is 16.3. The van der Waals surface area contributed by atoms with Crippen LogP contribution in [-0.4, -0.2) is 33.3 Å². The summed E-state index contributed by atoms with van der Waals surface area (Å²) in [7, 11) is 0. The zero-order valence-electron chi connectivity index (χ0n) is 11.7. The van der Waals surface area contributed by atoms with E-state index in [0.29, 0.717) is 12.5 Å². The average molecular weight is 271 g/mol. The van der Waals surface area contributed by atoms with Crippen LogP contribution in [0.4, 0.5) is 0 Å². The Labute approximate surface area is 118 Å². The maximum absolute atomic E-state index is 10.8. The second kappa shape index (κ2) is 4.57. The van der Waals surface area contributed by atoms with Crippen molar-refractivity contribution in [1.29, 1.82) is 0 Å². The van der Waals surface area contributed by atoms with E-state index in [9.17, 15) is 5.11 Å². The monoisotopic (exact) mass is 271 g/mol. The SMILES string of the molecule is OC1(Cn2c(C3CC3)cc3cccnc32)CCNCC1. The molecule has 0 unspecified atom stereocenters. The third kappa shape index (κ3) is 2.13. The van der Waals surface area contributed by atoms with Crippen molar-refractivity contribution in [3.05, 3.63) is 30.1 Å². The van der Waals surface area contributed by atoms with Gasteiger partial charge < -0.3 is 15.0 Å². The summed E-state index contributed by atoms with van der Waals surface area (Å²) in [6.07, 6.45) is 6.04. The first-order valence-electron chi connectivity index (χ1n) is 7.62. The molecular formula is C16H21N3O. The molecule has 2 aliphatic rings. The zero-order chi connectivity index (χ0) is 13.6. The summed E-state index contributed by atoms with van der Waals surface area (Å²) in [6.45, 7) is 2.49. The van der Waals surface area contributed by atoms with Crippen LogP contribution in [0.15, 0.2) is 24.4 Å². The van der Waals surface area contributed by atoms with E-state index in [1.54, 1.807) is 0 Å². The summed E-state index contributed by atoms with van der Waals surface area (Å²) in [5, 5.41) is 15.4. The van der Waals surface area contributed by atoms with E-state index in [4.69, 9.17) is 0 Å². The predicted octanol–water partition coefficient (Wildman–Crippen LogP) is 2.03. The van der Waals surface area contributed by atoms with Crippen LogP contribution < -0.4 is 5.32 Å². The van der Waals surface area contributed by atoms with Gasteiger partial charge in [0.2, 0.25) is 0 Å². The van der Waals surface area contributed by atoms with E-state index in [-0.39, 0.29) is 0 Å². The molecule has 0 amide bonds. The van der Waals surface area contributed by atoms with E-state index in [2.05, 4.69) is 27.0 Å². The van der Waals surface area contributed by atoms with Gasteiger partial charge in [-0.25, -0.2) is 4.98 Å². The number of rotatable bonds is 3. The van der Waals surface area contributed by atoms with Crippen molar-refractivity contribution >= 4 is 11.0 Å². The molecule has 4 rings (SSSR count). The molecule has 0 spiro atoms. The van der Waals surface area contributed by atoms with Crippen LogP contribution in [0.3, 0.4) is 0 Å². The Balaban J connectivity index is 1.75. The minimum atomic E-state index is -0.585. The average Bonchev–Trinajstić information content (AvgIpc) is 3.24. The van der Waals surface area contributed by atoms with Crippen LogP contribution in [0.1, 0.15) is 37.3 Å². The fourth-order valence-electron chi connectivity index (χ4n) is 3.34. The van der Waals surface area contributed by atoms with Crippen molar-refractivity contribution in [2.45, 2.75) is 43.7 Å². The van der Waals surface area contributed by atoms with Gasteiger partial charge in [0.15, 0.2) is 0 Å². The number of pyridine rings is 1. The molecular weight excluding hydrogens is 250 g/mol. The molecule has 2 aromatic rings. The highest BCUT2D eigenvalue weighted by molar-refractivity contribution is 5.77. The van der Waals surface area contributed by atoms with E-state index >= 15 is 0 Å². The van der Waals surface area contributed by atoms with Gasteiger partial charge in [0.05, 0.1) is 12.1 Å². The first-order valence-corrected chi connectivity index (χ1v) is 7.62. The predicted molar refractivity (Wildman–Crippen MR) is 78.8 cm³/mol. The van der Waals surface area contributed by atoms with Crippen LogP contribution in [0.2, 0.25) is 0 Å². The normalized spacial score (nSPS) is 22.2. The number of hydrogen-bond donors (Lipinski definition) is 2. The third-order valence-corrected chi connectivity index (χ3v) is 4.67. The molecule has 1 saturated carbocycles. The lowest BCUT2D eigenvalue weighted by Gasteiger charge is -2.33. The van der Waals surface area contributed by atoms with E-state index in [1.807, 2.05) is 12.3 Å². The second-order valence-corrected chi connectivity index (χ2v) is 6.32. The topological polar surface area (TPSA) is 50.1 Å². The summed E-state index contributed by atoms with van der Waals surface area (Å²) >= 11 is 0. The van der Waals surface area contributed by atoms with Crippen molar-refractivity contribution in [2.75, 3.05) is 13.1 Å². The van der Waals surface area contributed by atoms with Crippen molar-refractivity contribution in [1.82, 2.24) is 14.9 Å². The first kappa shape index (κ1) is 12.4. The summed E-state index contributed by atoms with van der Waals surface area (Å²) < 4.78 is 2.28. The Bertz CT molecular complexity index is 624. The number of aromatic nitrogens is 2. The molecule has 0 radical (unpaired) electrons. The van der Waals surface area contributed by atoms with E-state index in [0.717, 1.165) is 31.6 Å². The maximum atomic E-state index is 10.8. The number of piperidine rings is 1. The smallest absolute Gasteiger partial charge is 0.140 e. The third-order valence-electron chi connectivity index (χ3n) is 4.67. The molecule has 4 nitrogen and oxygen atoms in total. The lowest BCUT2D eigenvalue weighted by molar-refractivity contribution is -0.00500. The van der Waals surface area contributed by atoms with Crippen molar-refractivity contribution < 1.29 is 5.11 Å². The highest BCUT2D eigenvalue weighted by Gasteiger charge is 2.34. The van der Waals surface area contributed by atoms with E-state index in [1.165, 1.54) is 23.9 Å². The van der Waals surface area contributed by atoms with Crippen molar-refractivity contribution in [3.63, 3.8) is 0 Å². The van der Waals surface area contributed by atoms with Gasteiger partial charge in [0.25, 0.3) is 0 Å². The molecule has 106 valence electrons. The molecule has 1 aliphatic carbocycles. The Kier molecular flexibility index (Phi) is 2.82. The lowest BCUT2D eigenvalue weighted by Crippen LogP contribution is -2.45. The molecule has 0 bridgehead atoms. The van der Waals surface area contributed by atoms with Crippen molar-refractivity contribution in [2.24, 2.45) is 0 Å². The van der Waals surface area contributed by atoms with Gasteiger partial charge in [-0.05, 0) is 62.9 Å². The van der Waals surface area contributed by atoms with Gasteiger partial charge in [-0.15, -0.1) is 0 Å². The van der Waals surface area contributed by atoms with Crippen molar-refractivity contribution in [3.8, 4) is 0 Å². The van der Waals surface area contributed by atoms with E-state index < -0.39 is 5.60 Å². The number of hydrogen-bond acceptors (Lipinski definition) is 3. The Morgan fingerprint density at radius 3 is 2.90 bits per heavy atom. The molecule has 1 aliphatic heterocycles. The molecule has 3 heterocycles. The van der Waals surface area contributed by atoms with Gasteiger partial charge >= 0.3 is 0 Å². The Morgan fingerprint density at radius 2 is 2.15 bits per heavy atom. The van der Waals surface area contributed by atoms with Gasteiger partial charge in [0.1, 0.15) is 5.65 Å². The Hall–Kier alpha value is -1.39. The van der Waals surface area contributed by atoms with Crippen LogP contribution in [0.25, 0.3) is 11.0 Å². The van der Waals surface area contributed by atoms with Crippen LogP contribution in [-0.2, 0) is 6.54 Å². The van der Waals surface area contributed by atoms with Gasteiger partial charge in [-0.1, -0.05) is 0 Å². The molecule has 0 aromatic carbocycles. The van der Waals surface area contributed by atoms with Gasteiger partial charge in [-0.2, -0.15) is 0 Å². The summed E-state index contributed by atoms with van der Waals surface area (Å²) in [4.78, 5) is 4.54.